The van der Waals surface area contributed by atoms with Crippen molar-refractivity contribution in [3.63, 3.8) is 0 Å². The second kappa shape index (κ2) is 4.82. The van der Waals surface area contributed by atoms with Crippen LogP contribution >= 0.6 is 0 Å². The monoisotopic (exact) mass is 256 g/mol. The van der Waals surface area contributed by atoms with Crippen LogP contribution in [0, 0.1) is 5.82 Å². The van der Waals surface area contributed by atoms with E-state index in [-0.39, 0.29) is 11.9 Å². The number of H-pyrrole nitrogens is 1. The number of hydrogen-bond acceptors (Lipinski definition) is 2. The van der Waals surface area contributed by atoms with Gasteiger partial charge in [0.05, 0.1) is 5.52 Å². The molecule has 0 aliphatic heterocycles. The van der Waals surface area contributed by atoms with Crippen molar-refractivity contribution in [2.75, 3.05) is 7.11 Å². The van der Waals surface area contributed by atoms with Gasteiger partial charge in [0.1, 0.15) is 17.4 Å². The lowest BCUT2D eigenvalue weighted by molar-refractivity contribution is 0.130. The van der Waals surface area contributed by atoms with Gasteiger partial charge in [-0.15, -0.1) is 0 Å². The first-order chi connectivity index (χ1) is 9.29. The molecule has 1 aromatic heterocycles. The molecule has 0 aliphatic carbocycles. The quantitative estimate of drug-likeness (QED) is 0.779. The summed E-state index contributed by atoms with van der Waals surface area (Å²) in [5.74, 6) is 0.275. The van der Waals surface area contributed by atoms with Crippen LogP contribution in [0.5, 0.6) is 0 Å². The SMILES string of the molecule is COC(c1ccccc1)c1nc2c(F)cccc2[nH]1. The molecule has 0 saturated carbocycles. The molecule has 3 aromatic rings. The highest BCUT2D eigenvalue weighted by atomic mass is 19.1. The Kier molecular flexibility index (Phi) is 3.01. The Morgan fingerprint density at radius 2 is 1.89 bits per heavy atom. The van der Waals surface area contributed by atoms with Gasteiger partial charge in [-0.1, -0.05) is 36.4 Å². The predicted octanol–water partition coefficient (Wildman–Crippen LogP) is 3.44. The number of halogens is 1. The molecule has 1 unspecified atom stereocenters. The van der Waals surface area contributed by atoms with E-state index in [4.69, 9.17) is 4.74 Å². The smallest absolute Gasteiger partial charge is 0.151 e. The fraction of sp³-hybridized carbons (Fsp3) is 0.133. The third-order valence-electron chi connectivity index (χ3n) is 3.07. The topological polar surface area (TPSA) is 37.9 Å². The highest BCUT2D eigenvalue weighted by Gasteiger charge is 2.18. The Labute approximate surface area is 110 Å². The first kappa shape index (κ1) is 11.9. The molecule has 96 valence electrons. The molecule has 0 fully saturated rings. The van der Waals surface area contributed by atoms with Crippen molar-refractivity contribution in [2.24, 2.45) is 0 Å². The van der Waals surface area contributed by atoms with Crippen molar-refractivity contribution in [2.45, 2.75) is 6.10 Å². The largest absolute Gasteiger partial charge is 0.369 e. The summed E-state index contributed by atoms with van der Waals surface area (Å²) in [5, 5.41) is 0. The number of methoxy groups -OCH3 is 1. The Morgan fingerprint density at radius 3 is 2.58 bits per heavy atom. The van der Waals surface area contributed by atoms with Crippen molar-refractivity contribution >= 4 is 11.0 Å². The second-order valence-electron chi connectivity index (χ2n) is 4.28. The van der Waals surface area contributed by atoms with Crippen LogP contribution in [-0.2, 0) is 4.74 Å². The maximum absolute atomic E-state index is 13.6. The van der Waals surface area contributed by atoms with Crippen LogP contribution in [0.3, 0.4) is 0 Å². The number of nitrogens with zero attached hydrogens (tertiary/aromatic N) is 1. The molecule has 0 radical (unpaired) electrons. The van der Waals surface area contributed by atoms with E-state index >= 15 is 0 Å². The van der Waals surface area contributed by atoms with Crippen LogP contribution in [0.4, 0.5) is 4.39 Å². The third kappa shape index (κ3) is 2.11. The van der Waals surface area contributed by atoms with Gasteiger partial charge in [0, 0.05) is 7.11 Å². The molecule has 0 bridgehead atoms. The van der Waals surface area contributed by atoms with E-state index in [0.717, 1.165) is 5.56 Å². The average molecular weight is 256 g/mol. The Hall–Kier alpha value is -2.20. The molecule has 0 aliphatic rings. The van der Waals surface area contributed by atoms with Gasteiger partial charge in [0.15, 0.2) is 5.82 Å². The van der Waals surface area contributed by atoms with E-state index in [2.05, 4.69) is 9.97 Å². The summed E-state index contributed by atoms with van der Waals surface area (Å²) < 4.78 is 19.1. The zero-order valence-electron chi connectivity index (χ0n) is 10.4. The summed E-state index contributed by atoms with van der Waals surface area (Å²) in [5.41, 5.74) is 1.99. The Morgan fingerprint density at radius 1 is 1.11 bits per heavy atom. The van der Waals surface area contributed by atoms with Gasteiger partial charge in [0.2, 0.25) is 0 Å². The molecular formula is C15H13FN2O. The molecule has 3 rings (SSSR count). The van der Waals surface area contributed by atoms with Gasteiger partial charge >= 0.3 is 0 Å². The molecular weight excluding hydrogens is 243 g/mol. The van der Waals surface area contributed by atoms with Gasteiger partial charge in [-0.3, -0.25) is 0 Å². The summed E-state index contributed by atoms with van der Waals surface area (Å²) in [4.78, 5) is 7.41. The molecule has 2 aromatic carbocycles. The first-order valence-corrected chi connectivity index (χ1v) is 6.01. The lowest BCUT2D eigenvalue weighted by Crippen LogP contribution is -2.05. The number of aromatic nitrogens is 2. The summed E-state index contributed by atoms with van der Waals surface area (Å²) in [6.45, 7) is 0. The molecule has 1 atom stereocenters. The number of benzene rings is 2. The number of para-hydroxylation sites is 1. The minimum Gasteiger partial charge on any atom is -0.369 e. The molecule has 0 spiro atoms. The van der Waals surface area contributed by atoms with E-state index in [1.54, 1.807) is 19.2 Å². The zero-order chi connectivity index (χ0) is 13.2. The Balaban J connectivity index is 2.09. The van der Waals surface area contributed by atoms with Crippen LogP contribution in [0.15, 0.2) is 48.5 Å². The molecule has 4 heteroatoms. The number of hydrogen-bond donors (Lipinski definition) is 1. The number of imidazole rings is 1. The van der Waals surface area contributed by atoms with Crippen LogP contribution < -0.4 is 0 Å². The first-order valence-electron chi connectivity index (χ1n) is 6.01. The molecule has 19 heavy (non-hydrogen) atoms. The van der Waals surface area contributed by atoms with Gasteiger partial charge in [-0.2, -0.15) is 0 Å². The van der Waals surface area contributed by atoms with Crippen molar-refractivity contribution in [1.29, 1.82) is 0 Å². The minimum absolute atomic E-state index is 0.326. The van der Waals surface area contributed by atoms with E-state index in [9.17, 15) is 4.39 Å². The molecule has 0 amide bonds. The molecule has 1 N–H and O–H groups in total. The molecule has 3 nitrogen and oxygen atoms in total. The predicted molar refractivity (Wildman–Crippen MR) is 71.3 cm³/mol. The van der Waals surface area contributed by atoms with E-state index < -0.39 is 0 Å². The number of rotatable bonds is 3. The normalized spacial score (nSPS) is 12.7. The van der Waals surface area contributed by atoms with Crippen molar-refractivity contribution in [3.05, 3.63) is 65.7 Å². The molecule has 0 saturated heterocycles. The standard InChI is InChI=1S/C15H13FN2O/c1-19-14(10-6-3-2-4-7-10)15-17-12-9-5-8-11(16)13(12)18-15/h2-9,14H,1H3,(H,17,18). The summed E-state index contributed by atoms with van der Waals surface area (Å²) in [6.07, 6.45) is -0.326. The van der Waals surface area contributed by atoms with Crippen LogP contribution in [0.1, 0.15) is 17.5 Å². The minimum atomic E-state index is -0.331. The number of nitrogens with one attached hydrogen (secondary N) is 1. The van der Waals surface area contributed by atoms with Crippen LogP contribution in [0.2, 0.25) is 0 Å². The Bertz CT molecular complexity index is 694. The number of ether oxygens (including phenoxy) is 1. The van der Waals surface area contributed by atoms with Crippen molar-refractivity contribution in [1.82, 2.24) is 9.97 Å². The zero-order valence-corrected chi connectivity index (χ0v) is 10.4. The maximum atomic E-state index is 13.6. The second-order valence-corrected chi connectivity index (χ2v) is 4.28. The summed E-state index contributed by atoms with van der Waals surface area (Å²) in [6, 6.07) is 14.6. The van der Waals surface area contributed by atoms with Gasteiger partial charge in [0.25, 0.3) is 0 Å². The van der Waals surface area contributed by atoms with E-state index in [0.29, 0.717) is 16.9 Å². The highest BCUT2D eigenvalue weighted by Crippen LogP contribution is 2.25. The maximum Gasteiger partial charge on any atom is 0.151 e. The lowest BCUT2D eigenvalue weighted by Gasteiger charge is -2.12. The lowest BCUT2D eigenvalue weighted by atomic mass is 10.1. The van der Waals surface area contributed by atoms with E-state index in [1.807, 2.05) is 30.3 Å². The van der Waals surface area contributed by atoms with Gasteiger partial charge in [-0.05, 0) is 17.7 Å². The van der Waals surface area contributed by atoms with E-state index in [1.165, 1.54) is 6.07 Å². The average Bonchev–Trinajstić information content (AvgIpc) is 2.86. The van der Waals surface area contributed by atoms with Crippen LogP contribution in [0.25, 0.3) is 11.0 Å². The highest BCUT2D eigenvalue weighted by molar-refractivity contribution is 5.75. The van der Waals surface area contributed by atoms with Gasteiger partial charge < -0.3 is 9.72 Å². The van der Waals surface area contributed by atoms with Crippen molar-refractivity contribution < 1.29 is 9.13 Å². The van der Waals surface area contributed by atoms with Crippen LogP contribution in [-0.4, -0.2) is 17.1 Å². The number of aromatic amines is 1. The third-order valence-corrected chi connectivity index (χ3v) is 3.07. The van der Waals surface area contributed by atoms with Crippen molar-refractivity contribution in [3.8, 4) is 0 Å². The molecule has 1 heterocycles. The fourth-order valence-electron chi connectivity index (χ4n) is 2.17. The fourth-order valence-corrected chi connectivity index (χ4v) is 2.17. The van der Waals surface area contributed by atoms with Gasteiger partial charge in [-0.25, -0.2) is 9.37 Å². The summed E-state index contributed by atoms with van der Waals surface area (Å²) >= 11 is 0. The number of fused-ring (bicyclic) bond motifs is 1. The summed E-state index contributed by atoms with van der Waals surface area (Å²) in [7, 11) is 1.61.